The Bertz CT molecular complexity index is 1240. The first-order valence-corrected chi connectivity index (χ1v) is 10.3. The summed E-state index contributed by atoms with van der Waals surface area (Å²) in [6, 6.07) is 14.1. The molecule has 0 saturated carbocycles. The molecule has 0 radical (unpaired) electrons. The van der Waals surface area contributed by atoms with Crippen molar-refractivity contribution in [1.29, 1.82) is 0 Å². The number of ether oxygens (including phenoxy) is 1. The Hall–Kier alpha value is -3.94. The molecule has 0 saturated heterocycles. The molecule has 2 heterocycles. The molecule has 1 amide bonds. The fraction of sp³-hybridized carbons (Fsp3) is 0.250. The SMILES string of the molecule is Cc1cccc(Cn2cnc(NC(=O)c3noc(C)c3COc3cc(C)cc(C)c3)n2)c1. The minimum absolute atomic E-state index is 0.155. The largest absolute Gasteiger partial charge is 0.489 e. The van der Waals surface area contributed by atoms with Gasteiger partial charge >= 0.3 is 0 Å². The number of anilines is 1. The van der Waals surface area contributed by atoms with Gasteiger partial charge in [-0.1, -0.05) is 41.1 Å². The van der Waals surface area contributed by atoms with Crippen LogP contribution in [-0.4, -0.2) is 25.8 Å². The maximum Gasteiger partial charge on any atom is 0.280 e. The zero-order valence-corrected chi connectivity index (χ0v) is 18.5. The monoisotopic (exact) mass is 431 g/mol. The standard InChI is InChI=1S/C24H25N5O3/c1-15-6-5-7-19(9-15)12-29-14-25-24(27-29)26-23(30)22-21(18(4)32-28-22)13-31-20-10-16(2)8-17(3)11-20/h5-11,14H,12-13H2,1-4H3,(H,26,27,30). The Labute approximate surface area is 186 Å². The van der Waals surface area contributed by atoms with E-state index in [2.05, 4.69) is 32.7 Å². The molecule has 0 aliphatic heterocycles. The van der Waals surface area contributed by atoms with E-state index >= 15 is 0 Å². The fourth-order valence-corrected chi connectivity index (χ4v) is 3.50. The van der Waals surface area contributed by atoms with Gasteiger partial charge in [0, 0.05) is 0 Å². The van der Waals surface area contributed by atoms with Crippen LogP contribution in [-0.2, 0) is 13.2 Å². The smallest absolute Gasteiger partial charge is 0.280 e. The Kier molecular flexibility index (Phi) is 6.02. The Morgan fingerprint density at radius 1 is 1.06 bits per heavy atom. The Morgan fingerprint density at radius 3 is 2.59 bits per heavy atom. The van der Waals surface area contributed by atoms with Crippen molar-refractivity contribution < 1.29 is 14.1 Å². The Morgan fingerprint density at radius 2 is 1.84 bits per heavy atom. The number of carbonyl (C=O) groups excluding carboxylic acids is 1. The lowest BCUT2D eigenvalue weighted by molar-refractivity contribution is 0.101. The van der Waals surface area contributed by atoms with Crippen LogP contribution in [0.5, 0.6) is 5.75 Å². The van der Waals surface area contributed by atoms with Gasteiger partial charge in [-0.05, 0) is 56.5 Å². The van der Waals surface area contributed by atoms with Crippen LogP contribution < -0.4 is 10.1 Å². The van der Waals surface area contributed by atoms with Crippen LogP contribution in [0.25, 0.3) is 0 Å². The van der Waals surface area contributed by atoms with Crippen molar-refractivity contribution in [3.8, 4) is 5.75 Å². The molecule has 32 heavy (non-hydrogen) atoms. The molecule has 164 valence electrons. The summed E-state index contributed by atoms with van der Waals surface area (Å²) in [4.78, 5) is 17.0. The normalized spacial score (nSPS) is 10.9. The summed E-state index contributed by atoms with van der Waals surface area (Å²) in [7, 11) is 0. The third kappa shape index (κ3) is 5.03. The van der Waals surface area contributed by atoms with Gasteiger partial charge in [0.05, 0.1) is 12.1 Å². The summed E-state index contributed by atoms with van der Waals surface area (Å²) in [6.07, 6.45) is 1.58. The van der Waals surface area contributed by atoms with E-state index in [1.54, 1.807) is 17.9 Å². The molecule has 0 fully saturated rings. The number of hydrogen-bond donors (Lipinski definition) is 1. The fourth-order valence-electron chi connectivity index (χ4n) is 3.50. The van der Waals surface area contributed by atoms with Gasteiger partial charge in [0.25, 0.3) is 5.91 Å². The van der Waals surface area contributed by atoms with Crippen molar-refractivity contribution in [1.82, 2.24) is 19.9 Å². The average Bonchev–Trinajstić information content (AvgIpc) is 3.31. The van der Waals surface area contributed by atoms with E-state index in [1.165, 1.54) is 5.56 Å². The first kappa shape index (κ1) is 21.3. The van der Waals surface area contributed by atoms with Gasteiger partial charge in [0.2, 0.25) is 5.95 Å². The third-order valence-corrected chi connectivity index (χ3v) is 4.97. The quantitative estimate of drug-likeness (QED) is 0.467. The van der Waals surface area contributed by atoms with E-state index in [9.17, 15) is 4.79 Å². The van der Waals surface area contributed by atoms with Gasteiger partial charge in [-0.2, -0.15) is 0 Å². The third-order valence-electron chi connectivity index (χ3n) is 4.97. The van der Waals surface area contributed by atoms with Crippen molar-refractivity contribution in [2.45, 2.75) is 40.8 Å². The molecule has 1 N–H and O–H groups in total. The van der Waals surface area contributed by atoms with E-state index in [1.807, 2.05) is 51.1 Å². The molecule has 4 aromatic rings. The molecule has 0 spiro atoms. The van der Waals surface area contributed by atoms with Gasteiger partial charge in [0.15, 0.2) is 5.69 Å². The molecular weight excluding hydrogens is 406 g/mol. The number of rotatable bonds is 7. The van der Waals surface area contributed by atoms with Crippen molar-refractivity contribution in [3.63, 3.8) is 0 Å². The van der Waals surface area contributed by atoms with E-state index < -0.39 is 5.91 Å². The van der Waals surface area contributed by atoms with Crippen molar-refractivity contribution in [2.24, 2.45) is 0 Å². The molecule has 0 unspecified atom stereocenters. The number of benzene rings is 2. The summed E-state index contributed by atoms with van der Waals surface area (Å²) < 4.78 is 12.8. The van der Waals surface area contributed by atoms with Crippen molar-refractivity contribution in [2.75, 3.05) is 5.32 Å². The van der Waals surface area contributed by atoms with E-state index in [4.69, 9.17) is 9.26 Å². The first-order valence-electron chi connectivity index (χ1n) is 10.3. The molecular formula is C24H25N5O3. The second-order valence-corrected chi connectivity index (χ2v) is 7.89. The number of nitrogens with zero attached hydrogens (tertiary/aromatic N) is 4. The van der Waals surface area contributed by atoms with E-state index in [0.717, 1.165) is 22.4 Å². The minimum atomic E-state index is -0.450. The van der Waals surface area contributed by atoms with Crippen LogP contribution in [0.4, 0.5) is 5.95 Å². The van der Waals surface area contributed by atoms with Crippen LogP contribution >= 0.6 is 0 Å². The van der Waals surface area contributed by atoms with E-state index in [-0.39, 0.29) is 18.2 Å². The number of carbonyl (C=O) groups is 1. The topological polar surface area (TPSA) is 95.1 Å². The second-order valence-electron chi connectivity index (χ2n) is 7.89. The molecule has 0 aliphatic carbocycles. The predicted molar refractivity (Wildman–Crippen MR) is 120 cm³/mol. The number of aromatic nitrogens is 4. The highest BCUT2D eigenvalue weighted by molar-refractivity contribution is 6.02. The summed E-state index contributed by atoms with van der Waals surface area (Å²) in [5.41, 5.74) is 5.22. The second kappa shape index (κ2) is 9.05. The molecule has 2 aromatic carbocycles. The molecule has 4 rings (SSSR count). The van der Waals surface area contributed by atoms with Gasteiger partial charge in [-0.3, -0.25) is 10.1 Å². The van der Waals surface area contributed by atoms with Crippen LogP contribution in [0, 0.1) is 27.7 Å². The van der Waals surface area contributed by atoms with Crippen LogP contribution in [0.2, 0.25) is 0 Å². The molecule has 2 aromatic heterocycles. The zero-order chi connectivity index (χ0) is 22.7. The summed E-state index contributed by atoms with van der Waals surface area (Å²) in [5.74, 6) is 1.00. The number of amides is 1. The average molecular weight is 431 g/mol. The molecule has 8 nitrogen and oxygen atoms in total. The maximum absolute atomic E-state index is 12.8. The highest BCUT2D eigenvalue weighted by Crippen LogP contribution is 2.21. The number of aryl methyl sites for hydroxylation is 4. The highest BCUT2D eigenvalue weighted by Gasteiger charge is 2.21. The van der Waals surface area contributed by atoms with Gasteiger partial charge in [-0.25, -0.2) is 9.67 Å². The van der Waals surface area contributed by atoms with E-state index in [0.29, 0.717) is 17.9 Å². The summed E-state index contributed by atoms with van der Waals surface area (Å²) in [6.45, 7) is 8.53. The summed E-state index contributed by atoms with van der Waals surface area (Å²) in [5, 5.41) is 10.9. The maximum atomic E-state index is 12.8. The lowest BCUT2D eigenvalue weighted by atomic mass is 10.1. The highest BCUT2D eigenvalue weighted by atomic mass is 16.5. The molecule has 8 heteroatoms. The van der Waals surface area contributed by atoms with Crippen molar-refractivity contribution >= 4 is 11.9 Å². The lowest BCUT2D eigenvalue weighted by Gasteiger charge is -2.08. The van der Waals surface area contributed by atoms with Crippen LogP contribution in [0.3, 0.4) is 0 Å². The molecule has 0 bridgehead atoms. The van der Waals surface area contributed by atoms with Gasteiger partial charge in [0.1, 0.15) is 24.4 Å². The molecule has 0 atom stereocenters. The first-order chi connectivity index (χ1) is 15.4. The Balaban J connectivity index is 1.43. The van der Waals surface area contributed by atoms with Crippen LogP contribution in [0.1, 0.15) is 44.1 Å². The zero-order valence-electron chi connectivity index (χ0n) is 18.5. The van der Waals surface area contributed by atoms with Crippen LogP contribution in [0.15, 0.2) is 53.3 Å². The molecule has 0 aliphatic rings. The number of hydrogen-bond acceptors (Lipinski definition) is 6. The summed E-state index contributed by atoms with van der Waals surface area (Å²) >= 11 is 0. The van der Waals surface area contributed by atoms with Crippen molar-refractivity contribution in [3.05, 3.63) is 88.1 Å². The minimum Gasteiger partial charge on any atom is -0.489 e. The van der Waals surface area contributed by atoms with Gasteiger partial charge in [-0.15, -0.1) is 5.10 Å². The lowest BCUT2D eigenvalue weighted by Crippen LogP contribution is -2.16. The van der Waals surface area contributed by atoms with Gasteiger partial charge < -0.3 is 9.26 Å². The predicted octanol–water partition coefficient (Wildman–Crippen LogP) is 4.38. The number of nitrogens with one attached hydrogen (secondary N) is 1.